The molecule has 1 rings (SSSR count). The van der Waals surface area contributed by atoms with Crippen LogP contribution in [0.4, 0.5) is 0 Å². The monoisotopic (exact) mass is 299 g/mol. The van der Waals surface area contributed by atoms with Crippen molar-refractivity contribution in [2.75, 3.05) is 0 Å². The van der Waals surface area contributed by atoms with Crippen molar-refractivity contribution >= 4 is 23.2 Å². The zero-order valence-electron chi connectivity index (χ0n) is 12.1. The molecule has 2 unspecified atom stereocenters. The van der Waals surface area contributed by atoms with Gasteiger partial charge in [-0.15, -0.1) is 11.3 Å². The van der Waals surface area contributed by atoms with E-state index >= 15 is 0 Å². The molecule has 0 spiro atoms. The summed E-state index contributed by atoms with van der Waals surface area (Å²) in [6, 6.07) is -0.562. The summed E-state index contributed by atoms with van der Waals surface area (Å²) in [4.78, 5) is 26.6. The van der Waals surface area contributed by atoms with E-state index in [2.05, 4.69) is 10.3 Å². The first kappa shape index (κ1) is 16.6. The molecule has 0 radical (unpaired) electrons. The average Bonchev–Trinajstić information content (AvgIpc) is 2.76. The molecule has 0 bridgehead atoms. The van der Waals surface area contributed by atoms with Crippen LogP contribution in [0.15, 0.2) is 5.38 Å². The Labute approximate surface area is 122 Å². The van der Waals surface area contributed by atoms with Gasteiger partial charge in [0.1, 0.15) is 5.01 Å². The molecule has 20 heavy (non-hydrogen) atoms. The fourth-order valence-corrected chi connectivity index (χ4v) is 2.25. The minimum Gasteiger partial charge on any atom is -0.476 e. The van der Waals surface area contributed by atoms with Gasteiger partial charge in [-0.1, -0.05) is 20.8 Å². The Hall–Kier alpha value is -1.47. The van der Waals surface area contributed by atoms with Gasteiger partial charge < -0.3 is 16.2 Å². The number of carboxylic acids is 1. The SMILES string of the molecule is CC(NC(=O)CC(N)C(C)(C)C)c1nc(C(=O)O)cs1. The van der Waals surface area contributed by atoms with Crippen LogP contribution in [-0.2, 0) is 4.79 Å². The van der Waals surface area contributed by atoms with E-state index in [1.807, 2.05) is 20.8 Å². The summed E-state index contributed by atoms with van der Waals surface area (Å²) in [7, 11) is 0. The lowest BCUT2D eigenvalue weighted by Crippen LogP contribution is -2.40. The molecular formula is C13H21N3O3S. The highest BCUT2D eigenvalue weighted by atomic mass is 32.1. The highest BCUT2D eigenvalue weighted by Gasteiger charge is 2.24. The number of nitrogens with zero attached hydrogens (tertiary/aromatic N) is 1. The number of amides is 1. The van der Waals surface area contributed by atoms with Gasteiger partial charge in [-0.05, 0) is 12.3 Å². The normalized spacial score (nSPS) is 14.7. The molecule has 1 aromatic heterocycles. The number of nitrogens with one attached hydrogen (secondary N) is 1. The summed E-state index contributed by atoms with van der Waals surface area (Å²) in [5.41, 5.74) is 5.82. The number of thiazole rings is 1. The van der Waals surface area contributed by atoms with Crippen LogP contribution in [0.5, 0.6) is 0 Å². The molecular weight excluding hydrogens is 278 g/mol. The van der Waals surface area contributed by atoms with E-state index in [-0.39, 0.29) is 35.5 Å². The summed E-state index contributed by atoms with van der Waals surface area (Å²) in [5, 5.41) is 13.6. The van der Waals surface area contributed by atoms with Gasteiger partial charge in [0.15, 0.2) is 5.69 Å². The molecule has 1 aromatic rings. The first-order valence-corrected chi connectivity index (χ1v) is 7.23. The largest absolute Gasteiger partial charge is 0.476 e. The van der Waals surface area contributed by atoms with Gasteiger partial charge >= 0.3 is 5.97 Å². The summed E-state index contributed by atoms with van der Waals surface area (Å²) >= 11 is 1.21. The quantitative estimate of drug-likeness (QED) is 0.768. The van der Waals surface area contributed by atoms with Crippen molar-refractivity contribution in [3.05, 3.63) is 16.1 Å². The maximum atomic E-state index is 11.9. The molecule has 0 aliphatic rings. The second kappa shape index (κ2) is 6.32. The van der Waals surface area contributed by atoms with E-state index in [1.54, 1.807) is 6.92 Å². The molecule has 0 aromatic carbocycles. The third-order valence-electron chi connectivity index (χ3n) is 3.01. The summed E-state index contributed by atoms with van der Waals surface area (Å²) in [6.45, 7) is 7.71. The van der Waals surface area contributed by atoms with Crippen LogP contribution in [0.3, 0.4) is 0 Å². The Kier molecular flexibility index (Phi) is 5.24. The zero-order chi connectivity index (χ0) is 15.5. The van der Waals surface area contributed by atoms with E-state index in [0.717, 1.165) is 0 Å². The molecule has 2 atom stereocenters. The van der Waals surface area contributed by atoms with E-state index in [0.29, 0.717) is 5.01 Å². The number of carboxylic acid groups (broad SMARTS) is 1. The van der Waals surface area contributed by atoms with Crippen LogP contribution in [0, 0.1) is 5.41 Å². The second-order valence-corrected chi connectivity index (χ2v) is 6.73. The third-order valence-corrected chi connectivity index (χ3v) is 4.03. The molecule has 0 saturated carbocycles. The van der Waals surface area contributed by atoms with Crippen molar-refractivity contribution in [3.8, 4) is 0 Å². The van der Waals surface area contributed by atoms with Crippen LogP contribution in [0.25, 0.3) is 0 Å². The molecule has 1 heterocycles. The fourth-order valence-electron chi connectivity index (χ4n) is 1.45. The predicted molar refractivity (Wildman–Crippen MR) is 77.7 cm³/mol. The van der Waals surface area contributed by atoms with Crippen LogP contribution in [0.2, 0.25) is 0 Å². The van der Waals surface area contributed by atoms with Crippen molar-refractivity contribution in [3.63, 3.8) is 0 Å². The third kappa shape index (κ3) is 4.57. The molecule has 0 saturated heterocycles. The van der Waals surface area contributed by atoms with Crippen LogP contribution >= 0.6 is 11.3 Å². The highest BCUT2D eigenvalue weighted by molar-refractivity contribution is 7.09. The fraction of sp³-hybridized carbons (Fsp3) is 0.615. The van der Waals surface area contributed by atoms with Gasteiger partial charge in [-0.2, -0.15) is 0 Å². The molecule has 0 aliphatic carbocycles. The second-order valence-electron chi connectivity index (χ2n) is 5.84. The van der Waals surface area contributed by atoms with Gasteiger partial charge in [-0.3, -0.25) is 4.79 Å². The van der Waals surface area contributed by atoms with Gasteiger partial charge in [0.2, 0.25) is 5.91 Å². The number of rotatable bonds is 5. The van der Waals surface area contributed by atoms with Gasteiger partial charge in [0, 0.05) is 17.8 Å². The molecule has 1 amide bonds. The lowest BCUT2D eigenvalue weighted by atomic mass is 9.85. The average molecular weight is 299 g/mol. The Balaban J connectivity index is 2.59. The van der Waals surface area contributed by atoms with E-state index in [1.165, 1.54) is 16.7 Å². The minimum absolute atomic E-state index is 0.00232. The maximum absolute atomic E-state index is 11.9. The number of hydrogen-bond acceptors (Lipinski definition) is 5. The number of carbonyl (C=O) groups excluding carboxylic acids is 1. The standard InChI is InChI=1S/C13H21N3O3S/c1-7(11-16-8(6-20-11)12(18)19)15-10(17)5-9(14)13(2,3)4/h6-7,9H,5,14H2,1-4H3,(H,15,17)(H,18,19). The maximum Gasteiger partial charge on any atom is 0.355 e. The van der Waals surface area contributed by atoms with E-state index in [9.17, 15) is 9.59 Å². The number of carbonyl (C=O) groups is 2. The summed E-state index contributed by atoms with van der Waals surface area (Å²) in [5.74, 6) is -1.23. The highest BCUT2D eigenvalue weighted by Crippen LogP contribution is 2.21. The summed E-state index contributed by atoms with van der Waals surface area (Å²) in [6.07, 6.45) is 0.227. The number of aromatic nitrogens is 1. The molecule has 4 N–H and O–H groups in total. The summed E-state index contributed by atoms with van der Waals surface area (Å²) < 4.78 is 0. The van der Waals surface area contributed by atoms with E-state index in [4.69, 9.17) is 10.8 Å². The Morgan fingerprint density at radius 2 is 2.10 bits per heavy atom. The smallest absolute Gasteiger partial charge is 0.355 e. The van der Waals surface area contributed by atoms with Crippen molar-refractivity contribution in [1.29, 1.82) is 0 Å². The lowest BCUT2D eigenvalue weighted by Gasteiger charge is -2.26. The first-order chi connectivity index (χ1) is 9.11. The van der Waals surface area contributed by atoms with Gasteiger partial charge in [0.05, 0.1) is 6.04 Å². The number of nitrogens with two attached hydrogens (primary N) is 1. The molecule has 112 valence electrons. The molecule has 0 fully saturated rings. The van der Waals surface area contributed by atoms with Crippen molar-refractivity contribution in [2.24, 2.45) is 11.1 Å². The topological polar surface area (TPSA) is 105 Å². The Bertz CT molecular complexity index is 493. The molecule has 7 heteroatoms. The van der Waals surface area contributed by atoms with Crippen LogP contribution in [0.1, 0.15) is 55.7 Å². The van der Waals surface area contributed by atoms with Crippen LogP contribution in [-0.4, -0.2) is 28.0 Å². The zero-order valence-corrected chi connectivity index (χ0v) is 13.0. The predicted octanol–water partition coefficient (Wildman–Crippen LogP) is 1.78. The van der Waals surface area contributed by atoms with Crippen LogP contribution < -0.4 is 11.1 Å². The number of hydrogen-bond donors (Lipinski definition) is 3. The lowest BCUT2D eigenvalue weighted by molar-refractivity contribution is -0.122. The number of aromatic carboxylic acids is 1. The van der Waals surface area contributed by atoms with E-state index < -0.39 is 5.97 Å². The van der Waals surface area contributed by atoms with Gasteiger partial charge in [0.25, 0.3) is 0 Å². The Morgan fingerprint density at radius 3 is 2.55 bits per heavy atom. The first-order valence-electron chi connectivity index (χ1n) is 6.35. The van der Waals surface area contributed by atoms with Crippen molar-refractivity contribution in [2.45, 2.75) is 46.2 Å². The molecule has 6 nitrogen and oxygen atoms in total. The molecule has 0 aliphatic heterocycles. The Morgan fingerprint density at radius 1 is 1.50 bits per heavy atom. The van der Waals surface area contributed by atoms with Gasteiger partial charge in [-0.25, -0.2) is 9.78 Å². The minimum atomic E-state index is -1.07. The van der Waals surface area contributed by atoms with Crippen molar-refractivity contribution in [1.82, 2.24) is 10.3 Å². The van der Waals surface area contributed by atoms with Crippen molar-refractivity contribution < 1.29 is 14.7 Å².